The molecule has 3 heterocycles. The van der Waals surface area contributed by atoms with Crippen LogP contribution in [0.25, 0.3) is 10.9 Å². The third-order valence-corrected chi connectivity index (χ3v) is 8.60. The first-order valence-corrected chi connectivity index (χ1v) is 12.8. The number of anilines is 2. The smallest absolute Gasteiger partial charge is 0.154 e. The van der Waals surface area contributed by atoms with Gasteiger partial charge in [0, 0.05) is 49.2 Å². The molecule has 2 fully saturated rings. The van der Waals surface area contributed by atoms with Crippen molar-refractivity contribution in [3.8, 4) is 0 Å². The zero-order valence-corrected chi connectivity index (χ0v) is 21.2. The number of rotatable bonds is 5. The summed E-state index contributed by atoms with van der Waals surface area (Å²) in [6, 6.07) is 10.6. The number of aryl methyl sites for hydroxylation is 1. The van der Waals surface area contributed by atoms with Crippen molar-refractivity contribution in [3.63, 3.8) is 0 Å². The van der Waals surface area contributed by atoms with E-state index in [2.05, 4.69) is 20.0 Å². The summed E-state index contributed by atoms with van der Waals surface area (Å²) in [6.45, 7) is 1.96. The van der Waals surface area contributed by atoms with Gasteiger partial charge in [0.1, 0.15) is 17.3 Å². The van der Waals surface area contributed by atoms with E-state index >= 15 is 0 Å². The average Bonchev–Trinajstić information content (AvgIpc) is 3.43. The van der Waals surface area contributed by atoms with Crippen LogP contribution in [-0.4, -0.2) is 45.1 Å². The fourth-order valence-electron chi connectivity index (χ4n) is 6.34. The number of halogens is 2. The highest BCUT2D eigenvalue weighted by Gasteiger charge is 2.64. The van der Waals surface area contributed by atoms with Crippen molar-refractivity contribution in [2.45, 2.75) is 18.3 Å². The largest absolute Gasteiger partial charge is 0.382 e. The second-order valence-corrected chi connectivity index (χ2v) is 10.4. The van der Waals surface area contributed by atoms with Crippen LogP contribution >= 0.6 is 11.6 Å². The van der Waals surface area contributed by atoms with Crippen LogP contribution in [0.5, 0.6) is 0 Å². The molecule has 6 rings (SSSR count). The van der Waals surface area contributed by atoms with E-state index in [1.807, 2.05) is 31.4 Å². The van der Waals surface area contributed by atoms with Gasteiger partial charge in [-0.05, 0) is 48.4 Å². The maximum Gasteiger partial charge on any atom is 0.154 e. The van der Waals surface area contributed by atoms with E-state index in [0.29, 0.717) is 34.8 Å². The SMILES string of the molecule is Cn1cc2c(Cl)c(C(=N)c3ncc(N4CCC5C(CC4)C5(CN)c4ccccc4F)nc3N)ccc2n1. The van der Waals surface area contributed by atoms with Crippen LogP contribution in [0.1, 0.15) is 29.7 Å². The van der Waals surface area contributed by atoms with Crippen molar-refractivity contribution in [1.29, 1.82) is 5.41 Å². The highest BCUT2D eigenvalue weighted by Crippen LogP contribution is 2.63. The van der Waals surface area contributed by atoms with Crippen LogP contribution in [0, 0.1) is 23.1 Å². The summed E-state index contributed by atoms with van der Waals surface area (Å²) in [4.78, 5) is 11.3. The molecule has 37 heavy (non-hydrogen) atoms. The number of nitrogens with one attached hydrogen (secondary N) is 1. The summed E-state index contributed by atoms with van der Waals surface area (Å²) >= 11 is 6.61. The fraction of sp³-hybridized carbons (Fsp3) is 0.333. The first-order chi connectivity index (χ1) is 17.8. The summed E-state index contributed by atoms with van der Waals surface area (Å²) in [7, 11) is 1.83. The number of benzene rings is 2. The summed E-state index contributed by atoms with van der Waals surface area (Å²) in [5.41, 5.74) is 14.7. The first kappa shape index (κ1) is 23.8. The predicted octanol–water partition coefficient (Wildman–Crippen LogP) is 3.90. The minimum atomic E-state index is -0.282. The maximum absolute atomic E-state index is 14.6. The third-order valence-electron chi connectivity index (χ3n) is 8.19. The molecule has 0 spiro atoms. The van der Waals surface area contributed by atoms with E-state index in [1.54, 1.807) is 23.0 Å². The van der Waals surface area contributed by atoms with Gasteiger partial charge in [0.15, 0.2) is 5.82 Å². The van der Waals surface area contributed by atoms with E-state index < -0.39 is 0 Å². The van der Waals surface area contributed by atoms with Crippen LogP contribution in [-0.2, 0) is 12.5 Å². The number of hydrogen-bond donors (Lipinski definition) is 3. The number of aromatic nitrogens is 4. The lowest BCUT2D eigenvalue weighted by Crippen LogP contribution is -2.32. The Kier molecular flexibility index (Phi) is 5.65. The van der Waals surface area contributed by atoms with Crippen molar-refractivity contribution >= 4 is 39.9 Å². The average molecular weight is 519 g/mol. The van der Waals surface area contributed by atoms with Gasteiger partial charge in [-0.3, -0.25) is 10.1 Å². The Morgan fingerprint density at radius 3 is 2.59 bits per heavy atom. The molecule has 2 unspecified atom stereocenters. The quantitative estimate of drug-likeness (QED) is 0.344. The second kappa shape index (κ2) is 8.78. The van der Waals surface area contributed by atoms with Gasteiger partial charge in [-0.15, -0.1) is 0 Å². The van der Waals surface area contributed by atoms with E-state index in [-0.39, 0.29) is 28.5 Å². The minimum absolute atomic E-state index is 0.113. The molecule has 0 bridgehead atoms. The summed E-state index contributed by atoms with van der Waals surface area (Å²) < 4.78 is 16.3. The van der Waals surface area contributed by atoms with E-state index in [0.717, 1.165) is 42.4 Å². The lowest BCUT2D eigenvalue weighted by Gasteiger charge is -2.26. The van der Waals surface area contributed by atoms with Crippen LogP contribution in [0.2, 0.25) is 5.02 Å². The van der Waals surface area contributed by atoms with E-state index in [9.17, 15) is 4.39 Å². The Morgan fingerprint density at radius 1 is 1.19 bits per heavy atom. The van der Waals surface area contributed by atoms with Gasteiger partial charge in [0.25, 0.3) is 0 Å². The third kappa shape index (κ3) is 3.67. The van der Waals surface area contributed by atoms with Crippen molar-refractivity contribution in [2.75, 3.05) is 30.3 Å². The molecular weight excluding hydrogens is 491 g/mol. The Labute approximate surface area is 219 Å². The summed E-state index contributed by atoms with van der Waals surface area (Å²) in [5.74, 6) is 1.36. The monoisotopic (exact) mass is 518 g/mol. The molecule has 2 aromatic heterocycles. The zero-order valence-electron chi connectivity index (χ0n) is 20.5. The van der Waals surface area contributed by atoms with Gasteiger partial charge in [-0.25, -0.2) is 14.4 Å². The van der Waals surface area contributed by atoms with Crippen molar-refractivity contribution in [1.82, 2.24) is 19.7 Å². The molecule has 1 aliphatic carbocycles. The van der Waals surface area contributed by atoms with E-state index in [1.165, 1.54) is 6.07 Å². The predicted molar refractivity (Wildman–Crippen MR) is 144 cm³/mol. The molecule has 10 heteroatoms. The normalized spacial score (nSPS) is 23.1. The van der Waals surface area contributed by atoms with Crippen molar-refractivity contribution in [2.24, 2.45) is 24.6 Å². The maximum atomic E-state index is 14.6. The molecule has 2 aliphatic rings. The summed E-state index contributed by atoms with van der Waals surface area (Å²) in [6.07, 6.45) is 5.26. The van der Waals surface area contributed by atoms with Crippen molar-refractivity contribution in [3.05, 3.63) is 76.5 Å². The van der Waals surface area contributed by atoms with Crippen LogP contribution in [0.15, 0.2) is 48.8 Å². The Bertz CT molecular complexity index is 1520. The van der Waals surface area contributed by atoms with Crippen molar-refractivity contribution < 1.29 is 4.39 Å². The van der Waals surface area contributed by atoms with Crippen LogP contribution < -0.4 is 16.4 Å². The van der Waals surface area contributed by atoms with Crippen LogP contribution in [0.3, 0.4) is 0 Å². The Hall–Kier alpha value is -3.56. The molecule has 2 aromatic carbocycles. The van der Waals surface area contributed by atoms with Gasteiger partial charge in [0.05, 0.1) is 22.4 Å². The number of nitrogens with zero attached hydrogens (tertiary/aromatic N) is 5. The lowest BCUT2D eigenvalue weighted by molar-refractivity contribution is 0.506. The number of hydrogen-bond acceptors (Lipinski definition) is 7. The van der Waals surface area contributed by atoms with Gasteiger partial charge < -0.3 is 16.4 Å². The molecular formula is C27H28ClFN8. The molecule has 1 saturated heterocycles. The van der Waals surface area contributed by atoms with Gasteiger partial charge in [-0.1, -0.05) is 29.8 Å². The Morgan fingerprint density at radius 2 is 1.92 bits per heavy atom. The number of nitrogen functional groups attached to an aromatic ring is 1. The zero-order chi connectivity index (χ0) is 25.9. The van der Waals surface area contributed by atoms with Gasteiger partial charge in [-0.2, -0.15) is 5.10 Å². The standard InChI is InChI=1S/C27H28ClFN8/c1-36-13-16-21(35-36)7-6-15(23(16)28)24(31)25-26(32)34-22(12-33-25)37-10-8-17-18(9-11-37)27(17,14-30)19-4-2-3-5-20(19)29/h2-7,12-13,17-18,31H,8-11,14,30H2,1H3,(H2,32,34). The molecule has 4 aromatic rings. The molecule has 0 radical (unpaired) electrons. The minimum Gasteiger partial charge on any atom is -0.382 e. The fourth-order valence-corrected chi connectivity index (χ4v) is 6.64. The first-order valence-electron chi connectivity index (χ1n) is 12.4. The lowest BCUT2D eigenvalue weighted by atomic mass is 9.89. The second-order valence-electron chi connectivity index (χ2n) is 10.0. The highest BCUT2D eigenvalue weighted by atomic mass is 35.5. The molecule has 0 amide bonds. The van der Waals surface area contributed by atoms with E-state index in [4.69, 9.17) is 28.5 Å². The molecule has 1 aliphatic heterocycles. The molecule has 5 N–H and O–H groups in total. The van der Waals surface area contributed by atoms with Gasteiger partial charge >= 0.3 is 0 Å². The molecule has 1 saturated carbocycles. The Balaban J connectivity index is 1.21. The number of fused-ring (bicyclic) bond motifs is 2. The molecule has 2 atom stereocenters. The van der Waals surface area contributed by atoms with Crippen LogP contribution in [0.4, 0.5) is 16.0 Å². The summed E-state index contributed by atoms with van der Waals surface area (Å²) in [5, 5.41) is 14.3. The topological polar surface area (TPSA) is 123 Å². The van der Waals surface area contributed by atoms with Gasteiger partial charge in [0.2, 0.25) is 0 Å². The molecule has 190 valence electrons. The number of nitrogens with two attached hydrogens (primary N) is 2. The highest BCUT2D eigenvalue weighted by molar-refractivity contribution is 6.39. The molecule has 8 nitrogen and oxygen atoms in total.